The number of benzene rings is 3. The van der Waals surface area contributed by atoms with Crippen LogP contribution >= 0.6 is 11.8 Å². The molecule has 3 aromatic rings. The number of ether oxygens (including phenoxy) is 3. The lowest BCUT2D eigenvalue weighted by Crippen LogP contribution is -2.36. The van der Waals surface area contributed by atoms with E-state index in [2.05, 4.69) is 5.32 Å². The Morgan fingerprint density at radius 1 is 0.976 bits per heavy atom. The molecule has 0 radical (unpaired) electrons. The van der Waals surface area contributed by atoms with Crippen LogP contribution in [0.5, 0.6) is 17.2 Å². The standard InChI is InChI=1S/C30H27F3N2O6S/c1-4-40-25-13-20(9-11-24(25)41-17-19-7-5-18(2)6-8-19)14-26-28(37)35(29(38)42-26)16-27(36)34-22-15-21(30(31,32)33)10-12-23(22)39-3/h5-15H,4,16-17H2,1-3H3,(H,34,36)/b26-14-. The van der Waals surface area contributed by atoms with Crippen molar-refractivity contribution in [2.24, 2.45) is 0 Å². The summed E-state index contributed by atoms with van der Waals surface area (Å²) in [4.78, 5) is 39.0. The minimum Gasteiger partial charge on any atom is -0.495 e. The second kappa shape index (κ2) is 13.0. The predicted octanol–water partition coefficient (Wildman–Crippen LogP) is 6.68. The fraction of sp³-hybridized carbons (Fsp3) is 0.233. The number of carbonyl (C=O) groups excluding carboxylic acids is 3. The zero-order chi connectivity index (χ0) is 30.4. The molecule has 1 N–H and O–H groups in total. The van der Waals surface area contributed by atoms with Crippen LogP contribution in [0.2, 0.25) is 0 Å². The largest absolute Gasteiger partial charge is 0.495 e. The molecule has 0 bridgehead atoms. The molecule has 220 valence electrons. The maximum absolute atomic E-state index is 13.1. The Morgan fingerprint density at radius 3 is 2.36 bits per heavy atom. The third-order valence-corrected chi connectivity index (χ3v) is 6.96. The number of methoxy groups -OCH3 is 1. The Labute approximate surface area is 244 Å². The first-order valence-corrected chi connectivity index (χ1v) is 13.6. The Hall–Kier alpha value is -4.45. The van der Waals surface area contributed by atoms with Gasteiger partial charge in [-0.05, 0) is 73.1 Å². The van der Waals surface area contributed by atoms with Crippen molar-refractivity contribution < 1.29 is 41.8 Å². The molecule has 1 heterocycles. The lowest BCUT2D eigenvalue weighted by Gasteiger charge is -2.16. The summed E-state index contributed by atoms with van der Waals surface area (Å²) < 4.78 is 56.1. The highest BCUT2D eigenvalue weighted by atomic mass is 32.2. The number of amides is 3. The summed E-state index contributed by atoms with van der Waals surface area (Å²) in [6.07, 6.45) is -3.15. The normalized spacial score (nSPS) is 14.3. The Kier molecular flexibility index (Phi) is 9.46. The van der Waals surface area contributed by atoms with Crippen molar-refractivity contribution in [2.75, 3.05) is 25.6 Å². The van der Waals surface area contributed by atoms with E-state index in [1.54, 1.807) is 18.2 Å². The van der Waals surface area contributed by atoms with Gasteiger partial charge >= 0.3 is 6.18 Å². The van der Waals surface area contributed by atoms with Crippen LogP contribution in [0, 0.1) is 6.92 Å². The van der Waals surface area contributed by atoms with Crippen LogP contribution in [0.1, 0.15) is 29.2 Å². The van der Waals surface area contributed by atoms with Gasteiger partial charge in [0.05, 0.1) is 29.9 Å². The summed E-state index contributed by atoms with van der Waals surface area (Å²) in [6, 6.07) is 15.6. The number of hydrogen-bond donors (Lipinski definition) is 1. The lowest BCUT2D eigenvalue weighted by atomic mass is 10.1. The molecule has 1 aliphatic heterocycles. The van der Waals surface area contributed by atoms with Crippen LogP contribution in [0.25, 0.3) is 6.08 Å². The van der Waals surface area contributed by atoms with Crippen molar-refractivity contribution in [3.05, 3.63) is 87.8 Å². The van der Waals surface area contributed by atoms with Gasteiger partial charge in [0.25, 0.3) is 11.1 Å². The minimum atomic E-state index is -4.64. The number of alkyl halides is 3. The van der Waals surface area contributed by atoms with Crippen molar-refractivity contribution in [3.8, 4) is 17.2 Å². The highest BCUT2D eigenvalue weighted by molar-refractivity contribution is 8.18. The lowest BCUT2D eigenvalue weighted by molar-refractivity contribution is -0.137. The average Bonchev–Trinajstić information content (AvgIpc) is 3.20. The van der Waals surface area contributed by atoms with Gasteiger partial charge < -0.3 is 19.5 Å². The van der Waals surface area contributed by atoms with Gasteiger partial charge in [-0.3, -0.25) is 19.3 Å². The molecule has 1 fully saturated rings. The second-order valence-electron chi connectivity index (χ2n) is 9.14. The predicted molar refractivity (Wildman–Crippen MR) is 152 cm³/mol. The third kappa shape index (κ3) is 7.43. The smallest absolute Gasteiger partial charge is 0.416 e. The molecule has 8 nitrogen and oxygen atoms in total. The molecule has 12 heteroatoms. The molecule has 3 amide bonds. The van der Waals surface area contributed by atoms with Gasteiger partial charge in [0.1, 0.15) is 18.9 Å². The molecule has 42 heavy (non-hydrogen) atoms. The second-order valence-corrected chi connectivity index (χ2v) is 10.1. The van der Waals surface area contributed by atoms with Crippen LogP contribution in [-0.2, 0) is 22.4 Å². The number of imide groups is 1. The summed E-state index contributed by atoms with van der Waals surface area (Å²) in [5.74, 6) is -0.642. The third-order valence-electron chi connectivity index (χ3n) is 6.06. The first-order chi connectivity index (χ1) is 20.0. The van der Waals surface area contributed by atoms with E-state index in [-0.39, 0.29) is 16.3 Å². The zero-order valence-corrected chi connectivity index (χ0v) is 23.7. The van der Waals surface area contributed by atoms with Crippen molar-refractivity contribution >= 4 is 40.6 Å². The fourth-order valence-electron chi connectivity index (χ4n) is 3.95. The molecule has 1 aliphatic rings. The number of nitrogens with zero attached hydrogens (tertiary/aromatic N) is 1. The molecule has 1 saturated heterocycles. The van der Waals surface area contributed by atoms with E-state index in [0.29, 0.717) is 53.0 Å². The SMILES string of the molecule is CCOc1cc(/C=C2\SC(=O)N(CC(=O)Nc3cc(C(F)(F)F)ccc3OC)C2=O)ccc1OCc1ccc(C)cc1. The van der Waals surface area contributed by atoms with Crippen molar-refractivity contribution in [1.29, 1.82) is 0 Å². The quantitative estimate of drug-likeness (QED) is 0.260. The molecular formula is C30H27F3N2O6S. The summed E-state index contributed by atoms with van der Waals surface area (Å²) in [6.45, 7) is 3.82. The maximum Gasteiger partial charge on any atom is 0.416 e. The van der Waals surface area contributed by atoms with Gasteiger partial charge in [-0.1, -0.05) is 35.9 Å². The molecule has 0 spiro atoms. The molecule has 0 unspecified atom stereocenters. The van der Waals surface area contributed by atoms with Crippen LogP contribution < -0.4 is 19.5 Å². The zero-order valence-electron chi connectivity index (χ0n) is 22.9. The van der Waals surface area contributed by atoms with E-state index in [1.165, 1.54) is 13.2 Å². The monoisotopic (exact) mass is 600 g/mol. The van der Waals surface area contributed by atoms with Gasteiger partial charge in [0, 0.05) is 0 Å². The van der Waals surface area contributed by atoms with E-state index >= 15 is 0 Å². The van der Waals surface area contributed by atoms with Crippen LogP contribution in [0.15, 0.2) is 65.6 Å². The molecule has 0 aliphatic carbocycles. The summed E-state index contributed by atoms with van der Waals surface area (Å²) in [7, 11) is 1.24. The van der Waals surface area contributed by atoms with Crippen molar-refractivity contribution in [1.82, 2.24) is 4.90 Å². The first kappa shape index (κ1) is 30.5. The average molecular weight is 601 g/mol. The van der Waals surface area contributed by atoms with E-state index in [9.17, 15) is 27.6 Å². The first-order valence-electron chi connectivity index (χ1n) is 12.7. The number of hydrogen-bond acceptors (Lipinski definition) is 7. The van der Waals surface area contributed by atoms with Gasteiger partial charge in [-0.25, -0.2) is 0 Å². The van der Waals surface area contributed by atoms with E-state index in [0.717, 1.165) is 23.3 Å². The molecule has 0 aromatic heterocycles. The summed E-state index contributed by atoms with van der Waals surface area (Å²) >= 11 is 0.643. The molecule has 0 saturated carbocycles. The number of anilines is 1. The fourth-order valence-corrected chi connectivity index (χ4v) is 4.79. The van der Waals surface area contributed by atoms with Crippen molar-refractivity contribution in [2.45, 2.75) is 26.6 Å². The van der Waals surface area contributed by atoms with Crippen LogP contribution in [-0.4, -0.2) is 42.2 Å². The van der Waals surface area contributed by atoms with E-state index in [1.807, 2.05) is 38.1 Å². The highest BCUT2D eigenvalue weighted by Gasteiger charge is 2.37. The highest BCUT2D eigenvalue weighted by Crippen LogP contribution is 2.37. The van der Waals surface area contributed by atoms with Crippen LogP contribution in [0.3, 0.4) is 0 Å². The van der Waals surface area contributed by atoms with Crippen LogP contribution in [0.4, 0.5) is 23.7 Å². The number of carbonyl (C=O) groups is 3. The Bertz CT molecular complexity index is 1520. The van der Waals surface area contributed by atoms with Gasteiger partial charge in [0.15, 0.2) is 11.5 Å². The van der Waals surface area contributed by atoms with E-state index < -0.39 is 35.3 Å². The van der Waals surface area contributed by atoms with Gasteiger partial charge in [0.2, 0.25) is 5.91 Å². The Balaban J connectivity index is 1.46. The van der Waals surface area contributed by atoms with E-state index in [4.69, 9.17) is 14.2 Å². The number of aryl methyl sites for hydroxylation is 1. The van der Waals surface area contributed by atoms with Gasteiger partial charge in [-0.15, -0.1) is 0 Å². The number of nitrogens with one attached hydrogen (secondary N) is 1. The maximum atomic E-state index is 13.1. The molecule has 4 rings (SSSR count). The molecule has 3 aromatic carbocycles. The van der Waals surface area contributed by atoms with Crippen molar-refractivity contribution in [3.63, 3.8) is 0 Å². The summed E-state index contributed by atoms with van der Waals surface area (Å²) in [5.41, 5.74) is 1.44. The molecule has 0 atom stereocenters. The topological polar surface area (TPSA) is 94.2 Å². The van der Waals surface area contributed by atoms with Gasteiger partial charge in [-0.2, -0.15) is 13.2 Å². The minimum absolute atomic E-state index is 0.0122. The summed E-state index contributed by atoms with van der Waals surface area (Å²) in [5, 5.41) is 1.60. The Morgan fingerprint density at radius 2 is 1.69 bits per heavy atom. The molecular weight excluding hydrogens is 573 g/mol. The number of rotatable bonds is 10. The number of halogens is 3. The number of thioether (sulfide) groups is 1.